The van der Waals surface area contributed by atoms with Crippen LogP contribution in [-0.4, -0.2) is 63.3 Å². The minimum absolute atomic E-state index is 0.00341. The number of hydrogen-bond donors (Lipinski definition) is 1. The monoisotopic (exact) mass is 436 g/mol. The van der Waals surface area contributed by atoms with Gasteiger partial charge in [-0.05, 0) is 63.0 Å². The smallest absolute Gasteiger partial charge is 0.419 e. The van der Waals surface area contributed by atoms with E-state index in [0.29, 0.717) is 24.0 Å². The van der Waals surface area contributed by atoms with Gasteiger partial charge in [0.25, 0.3) is 11.7 Å². The van der Waals surface area contributed by atoms with E-state index in [0.717, 1.165) is 6.54 Å². The number of oxazole rings is 1. The largest absolute Gasteiger partial charge is 0.507 e. The van der Waals surface area contributed by atoms with Crippen LogP contribution in [0.5, 0.6) is 0 Å². The molecule has 1 aromatic carbocycles. The molecule has 4 rings (SSSR count). The third-order valence-electron chi connectivity index (χ3n) is 5.63. The average molecular weight is 436 g/mol. The first kappa shape index (κ1) is 21.5. The van der Waals surface area contributed by atoms with Crippen LogP contribution in [0.25, 0.3) is 16.9 Å². The summed E-state index contributed by atoms with van der Waals surface area (Å²) in [4.78, 5) is 45.3. The zero-order valence-electron chi connectivity index (χ0n) is 18.1. The molecule has 0 spiro atoms. The molecule has 9 heteroatoms. The van der Waals surface area contributed by atoms with Crippen molar-refractivity contribution in [3.05, 3.63) is 70.0 Å². The molecule has 1 amide bonds. The standard InChI is InChI=1S/C23H24N4O5/c1-25(2)11-4-12-27-19(14-7-9-24-10-8-14)18(21(29)22(27)30)20(28)15-5-6-16-17(13-15)32-23(31)26(16)3/h5-10,13,19,28H,4,11-12H2,1-3H3/b20-18+/t19-/m1/s1. The molecule has 1 aliphatic heterocycles. The summed E-state index contributed by atoms with van der Waals surface area (Å²) in [6.45, 7) is 1.11. The molecule has 0 aliphatic carbocycles. The van der Waals surface area contributed by atoms with E-state index in [1.165, 1.54) is 15.5 Å². The Labute approximate surface area is 184 Å². The first-order valence-corrected chi connectivity index (χ1v) is 10.2. The summed E-state index contributed by atoms with van der Waals surface area (Å²) >= 11 is 0. The number of aliphatic hydroxyl groups is 1. The summed E-state index contributed by atoms with van der Waals surface area (Å²) in [6.07, 6.45) is 3.84. The second kappa shape index (κ2) is 8.43. The fourth-order valence-electron chi connectivity index (χ4n) is 4.00. The van der Waals surface area contributed by atoms with E-state index in [1.54, 1.807) is 43.7 Å². The van der Waals surface area contributed by atoms with Crippen molar-refractivity contribution in [2.75, 3.05) is 27.2 Å². The lowest BCUT2D eigenvalue weighted by Gasteiger charge is -2.25. The number of carbonyl (C=O) groups excluding carboxylic acids is 2. The molecule has 1 saturated heterocycles. The van der Waals surface area contributed by atoms with E-state index in [1.807, 2.05) is 19.0 Å². The summed E-state index contributed by atoms with van der Waals surface area (Å²) < 4.78 is 6.55. The molecule has 1 aliphatic rings. The topological polar surface area (TPSA) is 109 Å². The number of likely N-dealkylation sites (tertiary alicyclic amines) is 1. The molecule has 0 bridgehead atoms. The number of amides is 1. The first-order valence-electron chi connectivity index (χ1n) is 10.2. The number of rotatable bonds is 6. The van der Waals surface area contributed by atoms with Gasteiger partial charge in [0.15, 0.2) is 5.58 Å². The third-order valence-corrected chi connectivity index (χ3v) is 5.63. The van der Waals surface area contributed by atoms with Crippen molar-refractivity contribution >= 4 is 28.5 Å². The van der Waals surface area contributed by atoms with Crippen LogP contribution in [-0.2, 0) is 16.6 Å². The Kier molecular flexibility index (Phi) is 5.67. The Balaban J connectivity index is 1.82. The molecule has 9 nitrogen and oxygen atoms in total. The number of fused-ring (bicyclic) bond motifs is 1. The number of Topliss-reactive ketones (excluding diaryl/α,β-unsaturated/α-hetero) is 1. The molecular formula is C23H24N4O5. The highest BCUT2D eigenvalue weighted by atomic mass is 16.4. The van der Waals surface area contributed by atoms with Gasteiger partial charge in [0.2, 0.25) is 0 Å². The summed E-state index contributed by atoms with van der Waals surface area (Å²) in [5.41, 5.74) is 1.81. The first-order chi connectivity index (χ1) is 15.3. The zero-order valence-corrected chi connectivity index (χ0v) is 18.1. The van der Waals surface area contributed by atoms with Crippen LogP contribution in [0, 0.1) is 0 Å². The predicted molar refractivity (Wildman–Crippen MR) is 118 cm³/mol. The number of benzene rings is 1. The summed E-state index contributed by atoms with van der Waals surface area (Å²) in [5.74, 6) is -2.24. The SMILES string of the molecule is CN(C)CCCN1C(=O)C(=O)/C(=C(/O)c2ccc3c(c2)oc(=O)n3C)[C@H]1c1ccncc1. The van der Waals surface area contributed by atoms with Gasteiger partial charge in [-0.3, -0.25) is 19.1 Å². The van der Waals surface area contributed by atoms with E-state index < -0.39 is 23.5 Å². The van der Waals surface area contributed by atoms with Gasteiger partial charge < -0.3 is 19.3 Å². The van der Waals surface area contributed by atoms with Crippen LogP contribution in [0.15, 0.2) is 57.5 Å². The van der Waals surface area contributed by atoms with Crippen molar-refractivity contribution in [1.29, 1.82) is 0 Å². The second-order valence-electron chi connectivity index (χ2n) is 8.04. The van der Waals surface area contributed by atoms with E-state index >= 15 is 0 Å². The molecule has 0 saturated carbocycles. The maximum atomic E-state index is 13.0. The Bertz CT molecular complexity index is 1270. The van der Waals surface area contributed by atoms with Gasteiger partial charge in [-0.25, -0.2) is 4.79 Å². The van der Waals surface area contributed by atoms with Crippen LogP contribution in [0.1, 0.15) is 23.6 Å². The van der Waals surface area contributed by atoms with Crippen molar-refractivity contribution in [3.63, 3.8) is 0 Å². The van der Waals surface area contributed by atoms with Gasteiger partial charge >= 0.3 is 5.76 Å². The molecule has 3 heterocycles. The Hall–Kier alpha value is -3.72. The Morgan fingerprint density at radius 1 is 1.16 bits per heavy atom. The Morgan fingerprint density at radius 2 is 1.88 bits per heavy atom. The van der Waals surface area contributed by atoms with Crippen molar-refractivity contribution < 1.29 is 19.1 Å². The lowest BCUT2D eigenvalue weighted by Crippen LogP contribution is -2.32. The highest BCUT2D eigenvalue weighted by Crippen LogP contribution is 2.39. The molecule has 166 valence electrons. The quantitative estimate of drug-likeness (QED) is 0.357. The summed E-state index contributed by atoms with van der Waals surface area (Å²) in [7, 11) is 5.45. The minimum atomic E-state index is -0.747. The average Bonchev–Trinajstić information content (AvgIpc) is 3.20. The van der Waals surface area contributed by atoms with Gasteiger partial charge in [0.1, 0.15) is 5.76 Å². The predicted octanol–water partition coefficient (Wildman–Crippen LogP) is 1.90. The van der Waals surface area contributed by atoms with E-state index in [2.05, 4.69) is 4.98 Å². The van der Waals surface area contributed by atoms with Crippen LogP contribution in [0.4, 0.5) is 0 Å². The van der Waals surface area contributed by atoms with Gasteiger partial charge in [-0.2, -0.15) is 0 Å². The molecule has 32 heavy (non-hydrogen) atoms. The molecule has 3 aromatic rings. The van der Waals surface area contributed by atoms with Crippen molar-refractivity contribution in [1.82, 2.24) is 19.4 Å². The molecule has 1 N–H and O–H groups in total. The number of carbonyl (C=O) groups is 2. The van der Waals surface area contributed by atoms with Crippen molar-refractivity contribution in [2.45, 2.75) is 12.5 Å². The summed E-state index contributed by atoms with van der Waals surface area (Å²) in [5, 5.41) is 11.1. The maximum Gasteiger partial charge on any atom is 0.419 e. The van der Waals surface area contributed by atoms with Crippen LogP contribution in [0.2, 0.25) is 0 Å². The molecule has 1 atom stereocenters. The van der Waals surface area contributed by atoms with Gasteiger partial charge in [0.05, 0.1) is 17.1 Å². The van der Waals surface area contributed by atoms with Crippen LogP contribution in [0.3, 0.4) is 0 Å². The molecule has 2 aromatic heterocycles. The third kappa shape index (κ3) is 3.71. The minimum Gasteiger partial charge on any atom is -0.507 e. The van der Waals surface area contributed by atoms with Gasteiger partial charge in [-0.15, -0.1) is 0 Å². The number of pyridine rings is 1. The normalized spacial score (nSPS) is 18.2. The van der Waals surface area contributed by atoms with Crippen molar-refractivity contribution in [3.8, 4) is 0 Å². The fourth-order valence-corrected chi connectivity index (χ4v) is 4.00. The lowest BCUT2D eigenvalue weighted by atomic mass is 9.96. The maximum absolute atomic E-state index is 13.0. The number of nitrogens with zero attached hydrogens (tertiary/aromatic N) is 4. The molecular weight excluding hydrogens is 412 g/mol. The van der Waals surface area contributed by atoms with E-state index in [4.69, 9.17) is 4.42 Å². The number of aromatic nitrogens is 2. The van der Waals surface area contributed by atoms with Crippen molar-refractivity contribution in [2.24, 2.45) is 7.05 Å². The van der Waals surface area contributed by atoms with E-state index in [9.17, 15) is 19.5 Å². The summed E-state index contributed by atoms with van der Waals surface area (Å²) in [6, 6.07) is 7.43. The van der Waals surface area contributed by atoms with Crippen LogP contribution >= 0.6 is 0 Å². The molecule has 0 radical (unpaired) electrons. The zero-order chi connectivity index (χ0) is 23.0. The van der Waals surface area contributed by atoms with Gasteiger partial charge in [-0.1, -0.05) is 0 Å². The highest BCUT2D eigenvalue weighted by Gasteiger charge is 2.45. The highest BCUT2D eigenvalue weighted by molar-refractivity contribution is 6.46. The molecule has 0 unspecified atom stereocenters. The Morgan fingerprint density at radius 3 is 2.56 bits per heavy atom. The van der Waals surface area contributed by atoms with Crippen LogP contribution < -0.4 is 5.76 Å². The number of aryl methyl sites for hydroxylation is 1. The second-order valence-corrected chi connectivity index (χ2v) is 8.04. The number of ketones is 1. The number of hydrogen-bond acceptors (Lipinski definition) is 7. The lowest BCUT2D eigenvalue weighted by molar-refractivity contribution is -0.139. The molecule has 1 fully saturated rings. The van der Waals surface area contributed by atoms with E-state index in [-0.39, 0.29) is 22.5 Å². The van der Waals surface area contributed by atoms with Gasteiger partial charge in [0, 0.05) is 31.5 Å². The number of aliphatic hydroxyl groups excluding tert-OH is 1. The fraction of sp³-hybridized carbons (Fsp3) is 0.304.